The summed E-state index contributed by atoms with van der Waals surface area (Å²) < 4.78 is 29.2. The van der Waals surface area contributed by atoms with Gasteiger partial charge in [0.1, 0.15) is 10.7 Å². The molecular formula is C15H13Cl2N3O2S. The lowest BCUT2D eigenvalue weighted by atomic mass is 10.3. The smallest absolute Gasteiger partial charge is 0.242 e. The van der Waals surface area contributed by atoms with E-state index in [2.05, 4.69) is 9.71 Å². The van der Waals surface area contributed by atoms with Gasteiger partial charge in [0.05, 0.1) is 22.6 Å². The first-order valence-electron chi connectivity index (χ1n) is 6.73. The van der Waals surface area contributed by atoms with Gasteiger partial charge >= 0.3 is 0 Å². The number of hydrogen-bond donors (Lipinski definition) is 1. The molecule has 0 bridgehead atoms. The number of para-hydroxylation sites is 2. The second-order valence-corrected chi connectivity index (χ2v) is 7.55. The zero-order valence-electron chi connectivity index (χ0n) is 12.1. The number of rotatable bonds is 4. The minimum atomic E-state index is -3.79. The van der Waals surface area contributed by atoms with E-state index in [9.17, 15) is 8.42 Å². The van der Waals surface area contributed by atoms with Crippen molar-refractivity contribution in [3.8, 4) is 0 Å². The molecule has 0 fully saturated rings. The van der Waals surface area contributed by atoms with Crippen LogP contribution in [0, 0.1) is 0 Å². The van der Waals surface area contributed by atoms with Gasteiger partial charge in [-0.2, -0.15) is 0 Å². The van der Waals surface area contributed by atoms with E-state index in [4.69, 9.17) is 23.2 Å². The van der Waals surface area contributed by atoms with E-state index in [1.54, 1.807) is 0 Å². The van der Waals surface area contributed by atoms with Crippen molar-refractivity contribution in [3.05, 3.63) is 58.3 Å². The van der Waals surface area contributed by atoms with Gasteiger partial charge in [0.2, 0.25) is 10.0 Å². The van der Waals surface area contributed by atoms with Gasteiger partial charge in [-0.15, -0.1) is 0 Å². The number of nitrogens with zero attached hydrogens (tertiary/aromatic N) is 2. The molecule has 0 spiro atoms. The fourth-order valence-electron chi connectivity index (χ4n) is 2.27. The van der Waals surface area contributed by atoms with E-state index in [1.807, 2.05) is 35.9 Å². The number of benzene rings is 2. The number of fused-ring (bicyclic) bond motifs is 1. The first-order valence-corrected chi connectivity index (χ1v) is 8.97. The Bertz CT molecular complexity index is 984. The number of imidazole rings is 1. The van der Waals surface area contributed by atoms with Gasteiger partial charge in [-0.1, -0.05) is 35.3 Å². The fraction of sp³-hybridized carbons (Fsp3) is 0.133. The lowest BCUT2D eigenvalue weighted by Crippen LogP contribution is -2.25. The van der Waals surface area contributed by atoms with Gasteiger partial charge in [0.15, 0.2) is 0 Å². The van der Waals surface area contributed by atoms with Crippen molar-refractivity contribution in [2.45, 2.75) is 11.4 Å². The lowest BCUT2D eigenvalue weighted by Gasteiger charge is -2.09. The van der Waals surface area contributed by atoms with Crippen LogP contribution in [0.4, 0.5) is 0 Å². The first-order chi connectivity index (χ1) is 10.9. The molecule has 0 unspecified atom stereocenters. The Balaban J connectivity index is 1.89. The number of sulfonamides is 1. The minimum absolute atomic E-state index is 0.0505. The SMILES string of the molecule is Cn1c(CNS(=O)(=O)c2cc(Cl)ccc2Cl)nc2ccccc21. The summed E-state index contributed by atoms with van der Waals surface area (Å²) >= 11 is 11.8. The lowest BCUT2D eigenvalue weighted by molar-refractivity contribution is 0.578. The number of aryl methyl sites for hydroxylation is 1. The number of aromatic nitrogens is 2. The van der Waals surface area contributed by atoms with Gasteiger partial charge in [0, 0.05) is 12.1 Å². The average molecular weight is 370 g/mol. The highest BCUT2D eigenvalue weighted by Crippen LogP contribution is 2.25. The van der Waals surface area contributed by atoms with Crippen molar-refractivity contribution in [2.75, 3.05) is 0 Å². The Kier molecular flexibility index (Phi) is 4.33. The van der Waals surface area contributed by atoms with E-state index in [0.717, 1.165) is 11.0 Å². The highest BCUT2D eigenvalue weighted by molar-refractivity contribution is 7.89. The van der Waals surface area contributed by atoms with Gasteiger partial charge in [-0.05, 0) is 30.3 Å². The molecule has 0 saturated carbocycles. The summed E-state index contributed by atoms with van der Waals surface area (Å²) in [5.41, 5.74) is 1.74. The maximum absolute atomic E-state index is 12.4. The Hall–Kier alpha value is -1.60. The van der Waals surface area contributed by atoms with Gasteiger partial charge in [-0.25, -0.2) is 18.1 Å². The third-order valence-corrected chi connectivity index (χ3v) is 5.60. The van der Waals surface area contributed by atoms with Crippen LogP contribution in [0.15, 0.2) is 47.4 Å². The second-order valence-electron chi connectivity index (χ2n) is 4.98. The molecule has 0 aliphatic rings. The Morgan fingerprint density at radius 3 is 2.65 bits per heavy atom. The molecule has 0 saturated heterocycles. The van der Waals surface area contributed by atoms with E-state index >= 15 is 0 Å². The normalized spacial score (nSPS) is 12.0. The van der Waals surface area contributed by atoms with Crippen LogP contribution in [0.2, 0.25) is 10.0 Å². The predicted octanol–water partition coefficient (Wildman–Crippen LogP) is 3.36. The molecule has 2 aromatic carbocycles. The summed E-state index contributed by atoms with van der Waals surface area (Å²) in [5.74, 6) is 0.605. The molecule has 23 heavy (non-hydrogen) atoms. The van der Waals surface area contributed by atoms with Crippen molar-refractivity contribution in [1.82, 2.24) is 14.3 Å². The molecule has 8 heteroatoms. The van der Waals surface area contributed by atoms with E-state index in [1.165, 1.54) is 18.2 Å². The van der Waals surface area contributed by atoms with E-state index in [-0.39, 0.29) is 16.5 Å². The molecule has 0 amide bonds. The maximum atomic E-state index is 12.4. The van der Waals surface area contributed by atoms with Crippen LogP contribution in [0.5, 0.6) is 0 Å². The monoisotopic (exact) mass is 369 g/mol. The van der Waals surface area contributed by atoms with Crippen LogP contribution in [-0.2, 0) is 23.6 Å². The third-order valence-electron chi connectivity index (χ3n) is 3.48. The molecule has 5 nitrogen and oxygen atoms in total. The molecule has 120 valence electrons. The number of hydrogen-bond acceptors (Lipinski definition) is 3. The molecular weight excluding hydrogens is 357 g/mol. The number of halogens is 2. The fourth-order valence-corrected chi connectivity index (χ4v) is 4.01. The van der Waals surface area contributed by atoms with Crippen LogP contribution in [0.1, 0.15) is 5.82 Å². The van der Waals surface area contributed by atoms with E-state index in [0.29, 0.717) is 10.8 Å². The quantitative estimate of drug-likeness (QED) is 0.766. The van der Waals surface area contributed by atoms with Gasteiger partial charge in [0.25, 0.3) is 0 Å². The Morgan fingerprint density at radius 1 is 1.17 bits per heavy atom. The molecule has 3 aromatic rings. The van der Waals surface area contributed by atoms with Crippen LogP contribution in [0.3, 0.4) is 0 Å². The van der Waals surface area contributed by atoms with Gasteiger partial charge in [-0.3, -0.25) is 0 Å². The summed E-state index contributed by atoms with van der Waals surface area (Å²) in [5, 5.41) is 0.421. The third kappa shape index (κ3) is 3.21. The molecule has 0 aliphatic heterocycles. The summed E-state index contributed by atoms with van der Waals surface area (Å²) in [6, 6.07) is 11.9. The average Bonchev–Trinajstić information content (AvgIpc) is 2.84. The highest BCUT2D eigenvalue weighted by Gasteiger charge is 2.19. The molecule has 0 atom stereocenters. The van der Waals surface area contributed by atoms with Crippen LogP contribution in [-0.4, -0.2) is 18.0 Å². The zero-order valence-corrected chi connectivity index (χ0v) is 14.5. The summed E-state index contributed by atoms with van der Waals surface area (Å²) in [4.78, 5) is 4.38. The van der Waals surface area contributed by atoms with Crippen LogP contribution in [0.25, 0.3) is 11.0 Å². The van der Waals surface area contributed by atoms with Crippen molar-refractivity contribution >= 4 is 44.3 Å². The standard InChI is InChI=1S/C15H13Cl2N3O2S/c1-20-13-5-3-2-4-12(13)19-15(20)9-18-23(21,22)14-8-10(16)6-7-11(14)17/h2-8,18H,9H2,1H3. The van der Waals surface area contributed by atoms with Crippen molar-refractivity contribution in [1.29, 1.82) is 0 Å². The second kappa shape index (κ2) is 6.13. The molecule has 1 heterocycles. The Labute approximate surface area is 143 Å². The van der Waals surface area contributed by atoms with Crippen LogP contribution < -0.4 is 4.72 Å². The summed E-state index contributed by atoms with van der Waals surface area (Å²) in [7, 11) is -1.95. The predicted molar refractivity (Wildman–Crippen MR) is 91.2 cm³/mol. The zero-order chi connectivity index (χ0) is 16.6. The molecule has 1 N–H and O–H groups in total. The minimum Gasteiger partial charge on any atom is -0.330 e. The van der Waals surface area contributed by atoms with Crippen molar-refractivity contribution in [2.24, 2.45) is 7.05 Å². The first kappa shape index (κ1) is 16.3. The molecule has 0 aliphatic carbocycles. The van der Waals surface area contributed by atoms with Crippen molar-refractivity contribution in [3.63, 3.8) is 0 Å². The maximum Gasteiger partial charge on any atom is 0.242 e. The summed E-state index contributed by atoms with van der Waals surface area (Å²) in [6.07, 6.45) is 0. The van der Waals surface area contributed by atoms with E-state index < -0.39 is 10.0 Å². The largest absolute Gasteiger partial charge is 0.330 e. The topological polar surface area (TPSA) is 64.0 Å². The molecule has 3 rings (SSSR count). The molecule has 0 radical (unpaired) electrons. The molecule has 1 aromatic heterocycles. The highest BCUT2D eigenvalue weighted by atomic mass is 35.5. The van der Waals surface area contributed by atoms with Crippen LogP contribution >= 0.6 is 23.2 Å². The van der Waals surface area contributed by atoms with Gasteiger partial charge < -0.3 is 4.57 Å². The summed E-state index contributed by atoms with van der Waals surface area (Å²) in [6.45, 7) is 0.0519. The Morgan fingerprint density at radius 2 is 1.91 bits per heavy atom. The van der Waals surface area contributed by atoms with Crippen molar-refractivity contribution < 1.29 is 8.42 Å². The number of nitrogens with one attached hydrogen (secondary N) is 1.